The molecule has 0 aliphatic rings. The first kappa shape index (κ1) is 17.5. The van der Waals surface area contributed by atoms with E-state index in [9.17, 15) is 9.59 Å². The lowest BCUT2D eigenvalue weighted by molar-refractivity contribution is -0.111. The first-order valence-corrected chi connectivity index (χ1v) is 7.98. The van der Waals surface area contributed by atoms with Crippen molar-refractivity contribution in [2.24, 2.45) is 0 Å². The Labute approximate surface area is 141 Å². The molecule has 2 aromatic carbocycles. The van der Waals surface area contributed by atoms with Gasteiger partial charge in [-0.1, -0.05) is 44.2 Å². The Kier molecular flexibility index (Phi) is 5.90. The van der Waals surface area contributed by atoms with Gasteiger partial charge in [0.15, 0.2) is 0 Å². The largest absolute Gasteiger partial charge is 0.478 e. The number of carbonyl (C=O) groups is 2. The highest BCUT2D eigenvalue weighted by Gasteiger charge is 2.10. The summed E-state index contributed by atoms with van der Waals surface area (Å²) in [5, 5.41) is 11.7. The molecular weight excluding hydrogens is 302 g/mol. The molecule has 0 saturated heterocycles. The van der Waals surface area contributed by atoms with Crippen LogP contribution >= 0.6 is 0 Å². The summed E-state index contributed by atoms with van der Waals surface area (Å²) in [7, 11) is 0. The highest BCUT2D eigenvalue weighted by Crippen LogP contribution is 2.16. The molecule has 124 valence electrons. The van der Waals surface area contributed by atoms with E-state index in [2.05, 4.69) is 31.3 Å². The van der Waals surface area contributed by atoms with Crippen molar-refractivity contribution < 1.29 is 14.7 Å². The molecule has 0 saturated carbocycles. The molecule has 0 heterocycles. The van der Waals surface area contributed by atoms with E-state index in [1.165, 1.54) is 23.3 Å². The van der Waals surface area contributed by atoms with Crippen molar-refractivity contribution in [2.45, 2.75) is 26.7 Å². The van der Waals surface area contributed by atoms with Crippen molar-refractivity contribution in [1.29, 1.82) is 0 Å². The monoisotopic (exact) mass is 323 g/mol. The number of hydrogen-bond donors (Lipinski definition) is 2. The van der Waals surface area contributed by atoms with Gasteiger partial charge in [-0.15, -0.1) is 0 Å². The molecule has 0 aliphatic heterocycles. The molecule has 0 aliphatic carbocycles. The Balaban J connectivity index is 2.13. The molecule has 1 amide bonds. The summed E-state index contributed by atoms with van der Waals surface area (Å²) in [5.41, 5.74) is 3.89. The number of carboxylic acid groups (broad SMARTS) is 1. The Morgan fingerprint density at radius 2 is 1.75 bits per heavy atom. The lowest BCUT2D eigenvalue weighted by atomic mass is 10.00. The first-order chi connectivity index (χ1) is 11.5. The molecule has 0 atom stereocenters. The predicted octanol–water partition coefficient (Wildman–Crippen LogP) is 4.16. The van der Waals surface area contributed by atoms with Gasteiger partial charge in [-0.2, -0.15) is 0 Å². The number of anilines is 1. The van der Waals surface area contributed by atoms with E-state index in [-0.39, 0.29) is 17.2 Å². The molecule has 0 unspecified atom stereocenters. The first-order valence-electron chi connectivity index (χ1n) is 7.98. The second kappa shape index (κ2) is 8.11. The van der Waals surface area contributed by atoms with Gasteiger partial charge in [-0.05, 0) is 47.7 Å². The van der Waals surface area contributed by atoms with Crippen molar-refractivity contribution in [1.82, 2.24) is 0 Å². The van der Waals surface area contributed by atoms with Crippen molar-refractivity contribution >= 4 is 23.6 Å². The van der Waals surface area contributed by atoms with Gasteiger partial charge in [0.05, 0.1) is 11.3 Å². The topological polar surface area (TPSA) is 66.4 Å². The van der Waals surface area contributed by atoms with Crippen LogP contribution in [-0.4, -0.2) is 17.0 Å². The van der Waals surface area contributed by atoms with Gasteiger partial charge in [-0.3, -0.25) is 4.79 Å². The van der Waals surface area contributed by atoms with Gasteiger partial charge >= 0.3 is 5.97 Å². The average molecular weight is 323 g/mol. The number of para-hydroxylation sites is 1. The quantitative estimate of drug-likeness (QED) is 0.784. The number of carbonyl (C=O) groups excluding carboxylic acids is 1. The molecule has 0 radical (unpaired) electrons. The number of aromatic carboxylic acids is 1. The Hall–Kier alpha value is -2.88. The van der Waals surface area contributed by atoms with Gasteiger partial charge < -0.3 is 10.4 Å². The van der Waals surface area contributed by atoms with Crippen LogP contribution in [0.4, 0.5) is 5.69 Å². The van der Waals surface area contributed by atoms with Crippen LogP contribution in [0.3, 0.4) is 0 Å². The van der Waals surface area contributed by atoms with E-state index in [0.29, 0.717) is 0 Å². The second-order valence-corrected chi connectivity index (χ2v) is 5.41. The SMILES string of the molecule is CCc1ccc(/C=C/C(=O)Nc2ccccc2C(=O)O)cc1CC. The number of hydrogen-bond acceptors (Lipinski definition) is 2. The van der Waals surface area contributed by atoms with E-state index < -0.39 is 5.97 Å². The highest BCUT2D eigenvalue weighted by atomic mass is 16.4. The van der Waals surface area contributed by atoms with Crippen LogP contribution in [0.2, 0.25) is 0 Å². The van der Waals surface area contributed by atoms with Crippen molar-refractivity contribution in [3.05, 3.63) is 70.8 Å². The summed E-state index contributed by atoms with van der Waals surface area (Å²) >= 11 is 0. The molecule has 0 bridgehead atoms. The number of rotatable bonds is 6. The van der Waals surface area contributed by atoms with Gasteiger partial charge in [0.2, 0.25) is 5.91 Å². The number of carboxylic acids is 1. The van der Waals surface area contributed by atoms with Gasteiger partial charge in [0.1, 0.15) is 0 Å². The van der Waals surface area contributed by atoms with Gasteiger partial charge in [-0.25, -0.2) is 4.79 Å². The van der Waals surface area contributed by atoms with Gasteiger partial charge in [0, 0.05) is 6.08 Å². The van der Waals surface area contributed by atoms with Crippen LogP contribution in [0.15, 0.2) is 48.5 Å². The summed E-state index contributed by atoms with van der Waals surface area (Å²) in [6.07, 6.45) is 5.08. The maximum atomic E-state index is 12.0. The van der Waals surface area contributed by atoms with Crippen molar-refractivity contribution in [3.63, 3.8) is 0 Å². The van der Waals surface area contributed by atoms with Crippen LogP contribution in [0, 0.1) is 0 Å². The predicted molar refractivity (Wildman–Crippen MR) is 96.3 cm³/mol. The third-order valence-electron chi connectivity index (χ3n) is 3.83. The Morgan fingerprint density at radius 1 is 1.04 bits per heavy atom. The molecule has 4 heteroatoms. The number of amides is 1. The summed E-state index contributed by atoms with van der Waals surface area (Å²) in [6.45, 7) is 4.23. The van der Waals surface area contributed by atoms with E-state index in [4.69, 9.17) is 5.11 Å². The van der Waals surface area contributed by atoms with Gasteiger partial charge in [0.25, 0.3) is 0 Å². The van der Waals surface area contributed by atoms with E-state index in [1.54, 1.807) is 24.3 Å². The Bertz CT molecular complexity index is 778. The molecule has 2 rings (SSSR count). The lowest BCUT2D eigenvalue weighted by Crippen LogP contribution is -2.11. The average Bonchev–Trinajstić information content (AvgIpc) is 2.59. The van der Waals surface area contributed by atoms with E-state index >= 15 is 0 Å². The number of aryl methyl sites for hydroxylation is 2. The molecule has 4 nitrogen and oxygen atoms in total. The fourth-order valence-corrected chi connectivity index (χ4v) is 2.55. The molecule has 24 heavy (non-hydrogen) atoms. The van der Waals surface area contributed by atoms with E-state index in [1.807, 2.05) is 6.07 Å². The smallest absolute Gasteiger partial charge is 0.337 e. The zero-order chi connectivity index (χ0) is 17.5. The highest BCUT2D eigenvalue weighted by molar-refractivity contribution is 6.06. The lowest BCUT2D eigenvalue weighted by Gasteiger charge is -2.07. The van der Waals surface area contributed by atoms with Crippen LogP contribution < -0.4 is 5.32 Å². The molecule has 0 aromatic heterocycles. The third-order valence-corrected chi connectivity index (χ3v) is 3.83. The zero-order valence-electron chi connectivity index (χ0n) is 13.9. The standard InChI is InChI=1S/C20H21NO3/c1-3-15-11-9-14(13-16(15)4-2)10-12-19(22)21-18-8-6-5-7-17(18)20(23)24/h5-13H,3-4H2,1-2H3,(H,21,22)(H,23,24)/b12-10+. The fourth-order valence-electron chi connectivity index (χ4n) is 2.55. The minimum atomic E-state index is -1.07. The molecular formula is C20H21NO3. The van der Waals surface area contributed by atoms with Crippen LogP contribution in [-0.2, 0) is 17.6 Å². The minimum Gasteiger partial charge on any atom is -0.478 e. The number of nitrogens with one attached hydrogen (secondary N) is 1. The molecule has 0 spiro atoms. The maximum Gasteiger partial charge on any atom is 0.337 e. The Morgan fingerprint density at radius 3 is 2.42 bits per heavy atom. The second-order valence-electron chi connectivity index (χ2n) is 5.41. The third kappa shape index (κ3) is 4.32. The summed E-state index contributed by atoms with van der Waals surface area (Å²) in [5.74, 6) is -1.43. The van der Waals surface area contributed by atoms with Crippen LogP contribution in [0.25, 0.3) is 6.08 Å². The minimum absolute atomic E-state index is 0.0693. The molecule has 0 fully saturated rings. The summed E-state index contributed by atoms with van der Waals surface area (Å²) in [4.78, 5) is 23.2. The fraction of sp³-hybridized carbons (Fsp3) is 0.200. The van der Waals surface area contributed by atoms with Crippen molar-refractivity contribution in [3.8, 4) is 0 Å². The zero-order valence-corrected chi connectivity index (χ0v) is 13.9. The van der Waals surface area contributed by atoms with E-state index in [0.717, 1.165) is 18.4 Å². The maximum absolute atomic E-state index is 12.0. The summed E-state index contributed by atoms with van der Waals surface area (Å²) < 4.78 is 0. The molecule has 2 aromatic rings. The molecule has 2 N–H and O–H groups in total. The van der Waals surface area contributed by atoms with Crippen LogP contribution in [0.1, 0.15) is 40.9 Å². The van der Waals surface area contributed by atoms with Crippen molar-refractivity contribution in [2.75, 3.05) is 5.32 Å². The normalized spacial score (nSPS) is 10.8. The number of benzene rings is 2. The summed E-state index contributed by atoms with van der Waals surface area (Å²) in [6, 6.07) is 12.5. The van der Waals surface area contributed by atoms with Crippen LogP contribution in [0.5, 0.6) is 0 Å².